The van der Waals surface area contributed by atoms with E-state index in [4.69, 9.17) is 4.74 Å². The summed E-state index contributed by atoms with van der Waals surface area (Å²) >= 11 is 0. The number of ether oxygens (including phenoxy) is 1. The van der Waals surface area contributed by atoms with Gasteiger partial charge in [-0.15, -0.1) is 0 Å². The molecule has 0 aromatic carbocycles. The topological polar surface area (TPSA) is 46.5 Å². The Morgan fingerprint density at radius 3 is 2.71 bits per heavy atom. The van der Waals surface area contributed by atoms with Crippen molar-refractivity contribution in [1.82, 2.24) is 0 Å². The minimum absolute atomic E-state index is 0.0813. The van der Waals surface area contributed by atoms with Crippen molar-refractivity contribution in [3.05, 3.63) is 23.8 Å². The molecule has 1 N–H and O–H groups in total. The van der Waals surface area contributed by atoms with Crippen LogP contribution < -0.4 is 0 Å². The Kier molecular flexibility index (Phi) is 6.68. The minimum Gasteiger partial charge on any atom is -0.461 e. The lowest BCUT2D eigenvalue weighted by Gasteiger charge is -2.43. The van der Waals surface area contributed by atoms with Gasteiger partial charge >= 0.3 is 5.97 Å². The second kappa shape index (κ2) is 8.33. The molecule has 0 bridgehead atoms. The first-order valence-electron chi connectivity index (χ1n) is 9.61. The van der Waals surface area contributed by atoms with Crippen molar-refractivity contribution in [1.29, 1.82) is 0 Å². The molecule has 0 aromatic heterocycles. The van der Waals surface area contributed by atoms with E-state index in [0.717, 1.165) is 18.4 Å². The van der Waals surface area contributed by atoms with Gasteiger partial charge in [0.15, 0.2) is 0 Å². The lowest BCUT2D eigenvalue weighted by Crippen LogP contribution is -2.43. The number of hydrogen-bond acceptors (Lipinski definition) is 3. The summed E-state index contributed by atoms with van der Waals surface area (Å²) in [5.74, 6) is 1.64. The zero-order valence-corrected chi connectivity index (χ0v) is 15.9. The highest BCUT2D eigenvalue weighted by atomic mass is 16.5. The standard InChI is InChI=1S/C21H34O3/c1-6-14(4)21(23)24-19-12-17(22)11-16-9-8-15(5)18(20(16)19)10-7-13(2)3/h8-9,11,13-15,17-20,22H,6-7,10,12H2,1-5H3/t14-,15-,17+,18-,19-,20-/m0/s1. The van der Waals surface area contributed by atoms with E-state index < -0.39 is 6.10 Å². The van der Waals surface area contributed by atoms with Gasteiger partial charge in [-0.1, -0.05) is 59.3 Å². The van der Waals surface area contributed by atoms with Gasteiger partial charge in [0.25, 0.3) is 0 Å². The molecule has 136 valence electrons. The molecule has 0 amide bonds. The Morgan fingerprint density at radius 1 is 1.38 bits per heavy atom. The molecule has 2 aliphatic rings. The van der Waals surface area contributed by atoms with Crippen molar-refractivity contribution in [3.63, 3.8) is 0 Å². The molecule has 0 radical (unpaired) electrons. The van der Waals surface area contributed by atoms with Crippen LogP contribution in [0.1, 0.15) is 60.3 Å². The minimum atomic E-state index is -0.519. The summed E-state index contributed by atoms with van der Waals surface area (Å²) in [5.41, 5.74) is 1.16. The van der Waals surface area contributed by atoms with E-state index in [1.54, 1.807) is 0 Å². The monoisotopic (exact) mass is 334 g/mol. The number of esters is 1. The molecule has 2 rings (SSSR count). The van der Waals surface area contributed by atoms with Crippen molar-refractivity contribution in [2.24, 2.45) is 29.6 Å². The van der Waals surface area contributed by atoms with Gasteiger partial charge in [0.1, 0.15) is 6.10 Å². The number of rotatable bonds is 6. The van der Waals surface area contributed by atoms with Crippen molar-refractivity contribution in [2.45, 2.75) is 72.5 Å². The molecule has 0 fully saturated rings. The van der Waals surface area contributed by atoms with Crippen molar-refractivity contribution >= 4 is 5.97 Å². The van der Waals surface area contributed by atoms with Gasteiger partial charge in [-0.3, -0.25) is 4.79 Å². The normalized spacial score (nSPS) is 33.8. The number of fused-ring (bicyclic) bond motifs is 1. The van der Waals surface area contributed by atoms with E-state index in [-0.39, 0.29) is 23.9 Å². The summed E-state index contributed by atoms with van der Waals surface area (Å²) in [5, 5.41) is 10.2. The maximum Gasteiger partial charge on any atom is 0.308 e. The lowest BCUT2D eigenvalue weighted by atomic mass is 9.66. The van der Waals surface area contributed by atoms with Crippen LogP contribution in [0.5, 0.6) is 0 Å². The number of hydrogen-bond donors (Lipinski definition) is 1. The Labute approximate surface area is 147 Å². The Hall–Kier alpha value is -1.09. The Bertz CT molecular complexity index is 491. The number of carbonyl (C=O) groups excluding carboxylic acids is 1. The molecule has 0 saturated heterocycles. The largest absolute Gasteiger partial charge is 0.461 e. The molecule has 0 unspecified atom stereocenters. The van der Waals surface area contributed by atoms with Crippen LogP contribution in [-0.4, -0.2) is 23.3 Å². The Morgan fingerprint density at radius 2 is 2.08 bits per heavy atom. The van der Waals surface area contributed by atoms with Crippen molar-refractivity contribution < 1.29 is 14.6 Å². The van der Waals surface area contributed by atoms with E-state index in [1.807, 2.05) is 19.9 Å². The molecule has 2 aliphatic carbocycles. The maximum atomic E-state index is 12.3. The predicted molar refractivity (Wildman–Crippen MR) is 97.4 cm³/mol. The number of allylic oxidation sites excluding steroid dienone is 2. The first-order chi connectivity index (χ1) is 11.3. The van der Waals surface area contributed by atoms with Gasteiger partial charge < -0.3 is 9.84 Å². The quantitative estimate of drug-likeness (QED) is 0.727. The second-order valence-corrected chi connectivity index (χ2v) is 8.13. The van der Waals surface area contributed by atoms with E-state index in [1.165, 1.54) is 6.42 Å². The average Bonchev–Trinajstić information content (AvgIpc) is 2.52. The van der Waals surface area contributed by atoms with Crippen LogP contribution in [0.4, 0.5) is 0 Å². The first kappa shape index (κ1) is 19.2. The van der Waals surface area contributed by atoms with Crippen LogP contribution in [-0.2, 0) is 9.53 Å². The molecule has 24 heavy (non-hydrogen) atoms. The molecular weight excluding hydrogens is 300 g/mol. The van der Waals surface area contributed by atoms with Gasteiger partial charge in [-0.2, -0.15) is 0 Å². The van der Waals surface area contributed by atoms with Gasteiger partial charge in [-0.05, 0) is 36.2 Å². The first-order valence-corrected chi connectivity index (χ1v) is 9.61. The van der Waals surface area contributed by atoms with Crippen LogP contribution in [0, 0.1) is 29.6 Å². The SMILES string of the molecule is CC[C@H](C)C(=O)O[C@H]1C[C@H](O)C=C2C=C[C@H](C)[C@H](CCC(C)C)[C@H]21. The molecular formula is C21H34O3. The van der Waals surface area contributed by atoms with Crippen LogP contribution >= 0.6 is 0 Å². The Balaban J connectivity index is 2.22. The zero-order chi connectivity index (χ0) is 17.9. The summed E-state index contributed by atoms with van der Waals surface area (Å²) in [6, 6.07) is 0. The van der Waals surface area contributed by atoms with E-state index in [2.05, 4.69) is 32.9 Å². The number of carbonyl (C=O) groups is 1. The maximum absolute atomic E-state index is 12.3. The van der Waals surface area contributed by atoms with Gasteiger partial charge in [0.05, 0.1) is 12.0 Å². The third-order valence-electron chi connectivity index (χ3n) is 5.73. The van der Waals surface area contributed by atoms with Gasteiger partial charge in [-0.25, -0.2) is 0 Å². The van der Waals surface area contributed by atoms with E-state index in [9.17, 15) is 9.90 Å². The van der Waals surface area contributed by atoms with Gasteiger partial charge in [0.2, 0.25) is 0 Å². The van der Waals surface area contributed by atoms with E-state index in [0.29, 0.717) is 24.2 Å². The highest BCUT2D eigenvalue weighted by molar-refractivity contribution is 5.72. The molecule has 3 nitrogen and oxygen atoms in total. The third-order valence-corrected chi connectivity index (χ3v) is 5.73. The zero-order valence-electron chi connectivity index (χ0n) is 15.9. The second-order valence-electron chi connectivity index (χ2n) is 8.13. The fourth-order valence-corrected chi connectivity index (χ4v) is 3.94. The molecule has 6 atom stereocenters. The molecule has 3 heteroatoms. The third kappa shape index (κ3) is 4.50. The molecule has 0 saturated carbocycles. The number of aliphatic hydroxyl groups is 1. The highest BCUT2D eigenvalue weighted by Gasteiger charge is 2.41. The molecule has 0 aliphatic heterocycles. The fourth-order valence-electron chi connectivity index (χ4n) is 3.94. The highest BCUT2D eigenvalue weighted by Crippen LogP contribution is 2.44. The smallest absolute Gasteiger partial charge is 0.308 e. The van der Waals surface area contributed by atoms with Crippen LogP contribution in [0.3, 0.4) is 0 Å². The summed E-state index contributed by atoms with van der Waals surface area (Å²) in [6.45, 7) is 10.7. The molecule has 0 heterocycles. The van der Waals surface area contributed by atoms with Crippen LogP contribution in [0.25, 0.3) is 0 Å². The fraction of sp³-hybridized carbons (Fsp3) is 0.762. The van der Waals surface area contributed by atoms with Crippen molar-refractivity contribution in [3.8, 4) is 0 Å². The summed E-state index contributed by atoms with van der Waals surface area (Å²) in [7, 11) is 0. The number of aliphatic hydroxyl groups excluding tert-OH is 1. The van der Waals surface area contributed by atoms with Crippen molar-refractivity contribution in [2.75, 3.05) is 0 Å². The lowest BCUT2D eigenvalue weighted by molar-refractivity contribution is -0.159. The van der Waals surface area contributed by atoms with E-state index >= 15 is 0 Å². The van der Waals surface area contributed by atoms with Crippen LogP contribution in [0.2, 0.25) is 0 Å². The molecule has 0 aromatic rings. The average molecular weight is 335 g/mol. The predicted octanol–water partition coefficient (Wildman–Crippen LogP) is 4.51. The molecule has 0 spiro atoms. The summed E-state index contributed by atoms with van der Waals surface area (Å²) in [4.78, 5) is 12.3. The van der Waals surface area contributed by atoms with Crippen LogP contribution in [0.15, 0.2) is 23.8 Å². The summed E-state index contributed by atoms with van der Waals surface area (Å²) < 4.78 is 5.90. The van der Waals surface area contributed by atoms with Gasteiger partial charge in [0, 0.05) is 12.3 Å². The summed E-state index contributed by atoms with van der Waals surface area (Å²) in [6.07, 6.45) is 9.25.